The highest BCUT2D eigenvalue weighted by Gasteiger charge is 2.29. The number of fused-ring (bicyclic) bond motifs is 1. The van der Waals surface area contributed by atoms with Crippen LogP contribution in [0.25, 0.3) is 11.5 Å². The number of carbonyl (C=O) groups excluding carboxylic acids is 1. The van der Waals surface area contributed by atoms with E-state index in [9.17, 15) is 9.18 Å². The molecule has 1 N–H and O–H groups in total. The minimum Gasteiger partial charge on any atom is -0.481 e. The van der Waals surface area contributed by atoms with Crippen molar-refractivity contribution < 1.29 is 18.3 Å². The summed E-state index contributed by atoms with van der Waals surface area (Å²) in [7, 11) is 1.44. The molecule has 0 saturated carbocycles. The number of halogens is 3. The zero-order chi connectivity index (χ0) is 20.5. The molecule has 0 saturated heterocycles. The SMILES string of the molecule is COc1cc(-c2nc3c(o2)[C@@H](NC(=O)c2cc(Cl)cc(Cl)c2)CCC3)c(F)cn1. The largest absolute Gasteiger partial charge is 0.481 e. The Morgan fingerprint density at radius 2 is 2.03 bits per heavy atom. The highest BCUT2D eigenvalue weighted by Crippen LogP contribution is 2.35. The van der Waals surface area contributed by atoms with E-state index in [1.807, 2.05) is 0 Å². The van der Waals surface area contributed by atoms with Crippen molar-refractivity contribution >= 4 is 29.1 Å². The Balaban J connectivity index is 1.63. The molecular weight excluding hydrogens is 420 g/mol. The Hall–Kier alpha value is -2.64. The van der Waals surface area contributed by atoms with Crippen molar-refractivity contribution in [2.24, 2.45) is 0 Å². The number of benzene rings is 1. The second-order valence-corrected chi connectivity index (χ2v) is 7.49. The van der Waals surface area contributed by atoms with E-state index in [4.69, 9.17) is 32.4 Å². The second kappa shape index (κ2) is 8.00. The van der Waals surface area contributed by atoms with E-state index in [0.717, 1.165) is 12.6 Å². The molecule has 150 valence electrons. The number of hydrogen-bond donors (Lipinski definition) is 1. The lowest BCUT2D eigenvalue weighted by Crippen LogP contribution is -2.30. The van der Waals surface area contributed by atoms with Crippen LogP contribution in [0.15, 0.2) is 34.9 Å². The number of aryl methyl sites for hydroxylation is 1. The number of aromatic nitrogens is 2. The third-order valence-corrected chi connectivity index (χ3v) is 5.09. The van der Waals surface area contributed by atoms with E-state index in [1.165, 1.54) is 25.3 Å². The zero-order valence-electron chi connectivity index (χ0n) is 15.3. The molecule has 2 aromatic heterocycles. The normalized spacial score (nSPS) is 15.7. The number of nitrogens with zero attached hydrogens (tertiary/aromatic N) is 2. The summed E-state index contributed by atoms with van der Waals surface area (Å²) < 4.78 is 25.2. The van der Waals surface area contributed by atoms with Crippen molar-refractivity contribution in [1.29, 1.82) is 0 Å². The van der Waals surface area contributed by atoms with Crippen molar-refractivity contribution in [2.45, 2.75) is 25.3 Å². The first kappa shape index (κ1) is 19.7. The second-order valence-electron chi connectivity index (χ2n) is 6.61. The Labute approximate surface area is 176 Å². The molecule has 6 nitrogen and oxygen atoms in total. The molecule has 0 unspecified atom stereocenters. The Morgan fingerprint density at radius 3 is 2.76 bits per heavy atom. The topological polar surface area (TPSA) is 77.3 Å². The van der Waals surface area contributed by atoms with Crippen LogP contribution < -0.4 is 10.1 Å². The van der Waals surface area contributed by atoms with Gasteiger partial charge in [-0.15, -0.1) is 0 Å². The van der Waals surface area contributed by atoms with Gasteiger partial charge in [-0.1, -0.05) is 23.2 Å². The number of rotatable bonds is 4. The molecule has 1 atom stereocenters. The van der Waals surface area contributed by atoms with E-state index in [2.05, 4.69) is 15.3 Å². The number of pyridine rings is 1. The fourth-order valence-electron chi connectivity index (χ4n) is 3.29. The summed E-state index contributed by atoms with van der Waals surface area (Å²) >= 11 is 12.0. The smallest absolute Gasteiger partial charge is 0.251 e. The monoisotopic (exact) mass is 435 g/mol. The summed E-state index contributed by atoms with van der Waals surface area (Å²) in [6, 6.07) is 5.66. The number of methoxy groups -OCH3 is 1. The summed E-state index contributed by atoms with van der Waals surface area (Å²) in [5, 5.41) is 3.67. The van der Waals surface area contributed by atoms with Crippen LogP contribution in [-0.4, -0.2) is 23.0 Å². The van der Waals surface area contributed by atoms with E-state index < -0.39 is 11.9 Å². The van der Waals surface area contributed by atoms with E-state index >= 15 is 0 Å². The first-order valence-electron chi connectivity index (χ1n) is 8.91. The van der Waals surface area contributed by atoms with Gasteiger partial charge in [-0.05, 0) is 37.5 Å². The lowest BCUT2D eigenvalue weighted by Gasteiger charge is -2.21. The molecule has 0 spiro atoms. The fourth-order valence-corrected chi connectivity index (χ4v) is 3.82. The summed E-state index contributed by atoms with van der Waals surface area (Å²) in [6.45, 7) is 0. The van der Waals surface area contributed by atoms with Gasteiger partial charge < -0.3 is 14.5 Å². The molecule has 0 fully saturated rings. The van der Waals surface area contributed by atoms with Gasteiger partial charge in [0.05, 0.1) is 30.6 Å². The maximum Gasteiger partial charge on any atom is 0.251 e. The molecule has 0 aliphatic heterocycles. The molecule has 9 heteroatoms. The van der Waals surface area contributed by atoms with Crippen LogP contribution in [0, 0.1) is 5.82 Å². The van der Waals surface area contributed by atoms with E-state index in [1.54, 1.807) is 6.07 Å². The van der Waals surface area contributed by atoms with Crippen LogP contribution in [0.3, 0.4) is 0 Å². The number of ether oxygens (including phenoxy) is 1. The van der Waals surface area contributed by atoms with Gasteiger partial charge >= 0.3 is 0 Å². The van der Waals surface area contributed by atoms with Crippen LogP contribution in [-0.2, 0) is 6.42 Å². The lowest BCUT2D eigenvalue weighted by atomic mass is 9.96. The standard InChI is InChI=1S/C20H16Cl2FN3O3/c1-28-17-8-13(14(23)9-24-17)20-26-16-4-2-3-15(18(16)29-20)25-19(27)10-5-11(21)7-12(22)6-10/h5-9,15H,2-4H2,1H3,(H,25,27)/t15-/m0/s1. The maximum absolute atomic E-state index is 14.2. The predicted molar refractivity (Wildman–Crippen MR) is 106 cm³/mol. The van der Waals surface area contributed by atoms with Crippen LogP contribution in [0.5, 0.6) is 5.88 Å². The van der Waals surface area contributed by atoms with E-state index in [-0.39, 0.29) is 23.2 Å². The van der Waals surface area contributed by atoms with Crippen LogP contribution >= 0.6 is 23.2 Å². The molecule has 1 aliphatic rings. The molecule has 3 aromatic rings. The Bertz CT molecular complexity index is 1070. The van der Waals surface area contributed by atoms with E-state index in [0.29, 0.717) is 39.9 Å². The molecule has 0 radical (unpaired) electrons. The fraction of sp³-hybridized carbons (Fsp3) is 0.250. The molecule has 29 heavy (non-hydrogen) atoms. The number of amides is 1. The van der Waals surface area contributed by atoms with Crippen molar-refractivity contribution in [3.8, 4) is 17.3 Å². The first-order chi connectivity index (χ1) is 13.9. The van der Waals surface area contributed by atoms with Gasteiger partial charge in [0, 0.05) is 21.7 Å². The van der Waals surface area contributed by atoms with Crippen molar-refractivity contribution in [1.82, 2.24) is 15.3 Å². The summed E-state index contributed by atoms with van der Waals surface area (Å²) in [5.41, 5.74) is 1.19. The highest BCUT2D eigenvalue weighted by atomic mass is 35.5. The quantitative estimate of drug-likeness (QED) is 0.623. The van der Waals surface area contributed by atoms with Gasteiger partial charge in [0.2, 0.25) is 11.8 Å². The molecule has 1 aromatic carbocycles. The summed E-state index contributed by atoms with van der Waals surface area (Å²) in [5.74, 6) is -0.0103. The molecule has 0 bridgehead atoms. The number of carbonyl (C=O) groups is 1. The third kappa shape index (κ3) is 4.06. The average molecular weight is 436 g/mol. The van der Waals surface area contributed by atoms with Gasteiger partial charge in [-0.2, -0.15) is 0 Å². The minimum absolute atomic E-state index is 0.125. The number of oxazole rings is 1. The third-order valence-electron chi connectivity index (χ3n) is 4.65. The molecule has 4 rings (SSSR count). The molecular formula is C20H16Cl2FN3O3. The zero-order valence-corrected chi connectivity index (χ0v) is 16.9. The van der Waals surface area contributed by atoms with Crippen LogP contribution in [0.2, 0.25) is 10.0 Å². The highest BCUT2D eigenvalue weighted by molar-refractivity contribution is 6.35. The summed E-state index contributed by atoms with van der Waals surface area (Å²) in [6.07, 6.45) is 3.21. The average Bonchev–Trinajstić information content (AvgIpc) is 3.12. The lowest BCUT2D eigenvalue weighted by molar-refractivity contribution is 0.0927. The van der Waals surface area contributed by atoms with Gasteiger partial charge in [0.1, 0.15) is 5.76 Å². The van der Waals surface area contributed by atoms with Crippen molar-refractivity contribution in [3.63, 3.8) is 0 Å². The van der Waals surface area contributed by atoms with Gasteiger partial charge in [0.15, 0.2) is 5.82 Å². The first-order valence-corrected chi connectivity index (χ1v) is 9.66. The van der Waals surface area contributed by atoms with Crippen LogP contribution in [0.1, 0.15) is 40.7 Å². The maximum atomic E-state index is 14.2. The van der Waals surface area contributed by atoms with Gasteiger partial charge in [0.25, 0.3) is 5.91 Å². The van der Waals surface area contributed by atoms with Crippen LogP contribution in [0.4, 0.5) is 4.39 Å². The predicted octanol–water partition coefficient (Wildman–Crippen LogP) is 5.00. The number of hydrogen-bond acceptors (Lipinski definition) is 5. The van der Waals surface area contributed by atoms with Crippen molar-refractivity contribution in [3.05, 3.63) is 63.3 Å². The Morgan fingerprint density at radius 1 is 1.28 bits per heavy atom. The number of nitrogens with one attached hydrogen (secondary N) is 1. The van der Waals surface area contributed by atoms with Gasteiger partial charge in [-0.3, -0.25) is 4.79 Å². The molecule has 2 heterocycles. The molecule has 1 aliphatic carbocycles. The van der Waals surface area contributed by atoms with Gasteiger partial charge in [-0.25, -0.2) is 14.4 Å². The Kier molecular flexibility index (Phi) is 5.43. The minimum atomic E-state index is -0.571. The summed E-state index contributed by atoms with van der Waals surface area (Å²) in [4.78, 5) is 20.9. The molecule has 1 amide bonds. The van der Waals surface area contributed by atoms with Crippen molar-refractivity contribution in [2.75, 3.05) is 7.11 Å².